The molecule has 1 fully saturated rings. The summed E-state index contributed by atoms with van der Waals surface area (Å²) in [7, 11) is 1.56. The fraction of sp³-hybridized carbons (Fsp3) is 0.364. The zero-order valence-electron chi connectivity index (χ0n) is 15.3. The Kier molecular flexibility index (Phi) is 4.60. The van der Waals surface area contributed by atoms with E-state index in [1.165, 1.54) is 0 Å². The van der Waals surface area contributed by atoms with Gasteiger partial charge in [-0.15, -0.1) is 0 Å². The monoisotopic (exact) mass is 364 g/mol. The highest BCUT2D eigenvalue weighted by Gasteiger charge is 2.45. The Balaban J connectivity index is 1.95. The summed E-state index contributed by atoms with van der Waals surface area (Å²) in [6, 6.07) is 13.7. The van der Waals surface area contributed by atoms with Crippen LogP contribution in [0, 0.1) is 0 Å². The maximum atomic E-state index is 13.4. The summed E-state index contributed by atoms with van der Waals surface area (Å²) < 4.78 is 5.51. The highest BCUT2D eigenvalue weighted by Crippen LogP contribution is 2.47. The molecule has 27 heavy (non-hydrogen) atoms. The molecule has 5 heteroatoms. The van der Waals surface area contributed by atoms with Gasteiger partial charge in [-0.05, 0) is 30.5 Å². The van der Waals surface area contributed by atoms with Crippen LogP contribution < -0.4 is 9.84 Å². The molecule has 0 spiro atoms. The standard InChI is InChI=1S/C22H23NO4/c1-27-18-13-7-6-12-17(18)20-19(22(25)26)15-10-4-5-11-16(15)21(24)23(20)14-8-2-3-9-14/h4-7,10-14,19-20H,2-3,8-9H2,1H3,(H,25,26)/p-1/t19-,20-/m1/s1. The minimum Gasteiger partial charge on any atom is -0.549 e. The van der Waals surface area contributed by atoms with Gasteiger partial charge in [0, 0.05) is 23.1 Å². The van der Waals surface area contributed by atoms with Gasteiger partial charge < -0.3 is 19.5 Å². The van der Waals surface area contributed by atoms with Crippen LogP contribution in [0.4, 0.5) is 0 Å². The Morgan fingerprint density at radius 1 is 1.04 bits per heavy atom. The van der Waals surface area contributed by atoms with Gasteiger partial charge in [-0.3, -0.25) is 4.79 Å². The predicted molar refractivity (Wildman–Crippen MR) is 98.4 cm³/mol. The minimum atomic E-state index is -1.17. The van der Waals surface area contributed by atoms with Crippen molar-refractivity contribution in [3.8, 4) is 5.75 Å². The van der Waals surface area contributed by atoms with Crippen LogP contribution in [0.1, 0.15) is 59.1 Å². The number of carboxylic acid groups (broad SMARTS) is 1. The lowest BCUT2D eigenvalue weighted by molar-refractivity contribution is -0.309. The molecule has 1 aliphatic carbocycles. The van der Waals surface area contributed by atoms with E-state index < -0.39 is 17.9 Å². The lowest BCUT2D eigenvalue weighted by Gasteiger charge is -2.46. The number of carboxylic acids is 1. The summed E-state index contributed by atoms with van der Waals surface area (Å²) in [5.41, 5.74) is 1.70. The fourth-order valence-corrected chi connectivity index (χ4v) is 4.63. The van der Waals surface area contributed by atoms with Gasteiger partial charge >= 0.3 is 0 Å². The molecular weight excluding hydrogens is 342 g/mol. The van der Waals surface area contributed by atoms with E-state index in [2.05, 4.69) is 0 Å². The zero-order chi connectivity index (χ0) is 19.0. The van der Waals surface area contributed by atoms with Crippen LogP contribution in [0.2, 0.25) is 0 Å². The molecule has 0 saturated heterocycles. The number of nitrogens with zero attached hydrogens (tertiary/aromatic N) is 1. The molecule has 4 rings (SSSR count). The third-order valence-corrected chi connectivity index (χ3v) is 5.81. The molecule has 0 aromatic heterocycles. The molecule has 2 aromatic rings. The normalized spacial score (nSPS) is 22.6. The van der Waals surface area contributed by atoms with Crippen molar-refractivity contribution in [3.63, 3.8) is 0 Å². The van der Waals surface area contributed by atoms with Gasteiger partial charge in [0.1, 0.15) is 5.75 Å². The van der Waals surface area contributed by atoms with Gasteiger partial charge in [0.2, 0.25) is 0 Å². The van der Waals surface area contributed by atoms with Crippen molar-refractivity contribution < 1.29 is 19.4 Å². The lowest BCUT2D eigenvalue weighted by atomic mass is 9.78. The summed E-state index contributed by atoms with van der Waals surface area (Å²) in [4.78, 5) is 27.5. The number of benzene rings is 2. The molecule has 0 N–H and O–H groups in total. The third kappa shape index (κ3) is 2.87. The smallest absolute Gasteiger partial charge is 0.254 e. The van der Waals surface area contributed by atoms with Crippen molar-refractivity contribution in [1.29, 1.82) is 0 Å². The van der Waals surface area contributed by atoms with Gasteiger partial charge in [0.05, 0.1) is 19.1 Å². The number of aliphatic carboxylic acids is 1. The Labute approximate surface area is 158 Å². The van der Waals surface area contributed by atoms with Crippen molar-refractivity contribution in [3.05, 3.63) is 65.2 Å². The van der Waals surface area contributed by atoms with Crippen LogP contribution in [0.3, 0.4) is 0 Å². The maximum Gasteiger partial charge on any atom is 0.254 e. The Hall–Kier alpha value is -2.82. The maximum absolute atomic E-state index is 13.4. The summed E-state index contributed by atoms with van der Waals surface area (Å²) in [5, 5.41) is 12.3. The van der Waals surface area contributed by atoms with E-state index in [-0.39, 0.29) is 11.9 Å². The molecule has 2 aliphatic rings. The van der Waals surface area contributed by atoms with Crippen molar-refractivity contribution >= 4 is 11.9 Å². The fourth-order valence-electron chi connectivity index (χ4n) is 4.63. The van der Waals surface area contributed by atoms with E-state index in [0.717, 1.165) is 25.7 Å². The molecule has 5 nitrogen and oxygen atoms in total. The third-order valence-electron chi connectivity index (χ3n) is 5.81. The first-order valence-corrected chi connectivity index (χ1v) is 9.39. The highest BCUT2D eigenvalue weighted by molar-refractivity contribution is 6.00. The topological polar surface area (TPSA) is 69.7 Å². The van der Waals surface area contributed by atoms with Crippen molar-refractivity contribution in [2.45, 2.75) is 43.7 Å². The van der Waals surface area contributed by atoms with E-state index in [4.69, 9.17) is 4.74 Å². The molecule has 0 bridgehead atoms. The molecule has 0 radical (unpaired) electrons. The van der Waals surface area contributed by atoms with E-state index >= 15 is 0 Å². The van der Waals surface area contributed by atoms with E-state index in [1.807, 2.05) is 18.2 Å². The molecule has 1 aliphatic heterocycles. The Morgan fingerprint density at radius 3 is 2.33 bits per heavy atom. The number of hydrogen-bond donors (Lipinski definition) is 0. The first-order valence-electron chi connectivity index (χ1n) is 9.39. The minimum absolute atomic E-state index is 0.0302. The summed E-state index contributed by atoms with van der Waals surface area (Å²) in [6.45, 7) is 0. The molecule has 1 saturated carbocycles. The first-order chi connectivity index (χ1) is 13.1. The predicted octanol–water partition coefficient (Wildman–Crippen LogP) is 2.67. The zero-order valence-corrected chi connectivity index (χ0v) is 15.3. The van der Waals surface area contributed by atoms with Gasteiger partial charge in [-0.25, -0.2) is 0 Å². The van der Waals surface area contributed by atoms with E-state index in [1.54, 1.807) is 42.3 Å². The molecular formula is C22H22NO4-. The highest BCUT2D eigenvalue weighted by atomic mass is 16.5. The largest absolute Gasteiger partial charge is 0.549 e. The van der Waals surface area contributed by atoms with Gasteiger partial charge in [0.25, 0.3) is 5.91 Å². The quantitative estimate of drug-likeness (QED) is 0.836. The van der Waals surface area contributed by atoms with Crippen molar-refractivity contribution in [2.75, 3.05) is 7.11 Å². The average molecular weight is 364 g/mol. The van der Waals surface area contributed by atoms with Crippen molar-refractivity contribution in [2.24, 2.45) is 0 Å². The van der Waals surface area contributed by atoms with Gasteiger partial charge in [0.15, 0.2) is 0 Å². The number of para-hydroxylation sites is 1. The second kappa shape index (κ2) is 7.06. The number of ether oxygens (including phenoxy) is 1. The van der Waals surface area contributed by atoms with Gasteiger partial charge in [-0.2, -0.15) is 0 Å². The molecule has 0 unspecified atom stereocenters. The SMILES string of the molecule is COc1ccccc1[C@@H]1[C@H](C(=O)[O-])c2ccccc2C(=O)N1C1CCCC1. The summed E-state index contributed by atoms with van der Waals surface area (Å²) in [6.07, 6.45) is 3.87. The average Bonchev–Trinajstić information content (AvgIpc) is 3.21. The summed E-state index contributed by atoms with van der Waals surface area (Å²) in [5.74, 6) is -1.63. The number of carbonyl (C=O) groups excluding carboxylic acids is 2. The summed E-state index contributed by atoms with van der Waals surface area (Å²) >= 11 is 0. The Bertz CT molecular complexity index is 872. The number of amides is 1. The number of fused-ring (bicyclic) bond motifs is 1. The Morgan fingerprint density at radius 2 is 1.67 bits per heavy atom. The van der Waals surface area contributed by atoms with Crippen LogP contribution in [-0.2, 0) is 4.79 Å². The van der Waals surface area contributed by atoms with Crippen LogP contribution in [-0.4, -0.2) is 29.9 Å². The lowest BCUT2D eigenvalue weighted by Crippen LogP contribution is -2.51. The number of rotatable bonds is 4. The molecule has 2 atom stereocenters. The van der Waals surface area contributed by atoms with Crippen LogP contribution in [0.25, 0.3) is 0 Å². The molecule has 1 heterocycles. The van der Waals surface area contributed by atoms with Crippen LogP contribution in [0.15, 0.2) is 48.5 Å². The first kappa shape index (κ1) is 17.6. The number of hydrogen-bond acceptors (Lipinski definition) is 4. The number of carbonyl (C=O) groups is 2. The van der Waals surface area contributed by atoms with Crippen molar-refractivity contribution in [1.82, 2.24) is 4.90 Å². The van der Waals surface area contributed by atoms with Crippen LogP contribution >= 0.6 is 0 Å². The molecule has 1 amide bonds. The number of methoxy groups -OCH3 is 1. The molecule has 2 aromatic carbocycles. The molecule has 140 valence electrons. The second-order valence-electron chi connectivity index (χ2n) is 7.22. The second-order valence-corrected chi connectivity index (χ2v) is 7.22. The van der Waals surface area contributed by atoms with Crippen LogP contribution in [0.5, 0.6) is 5.75 Å². The van der Waals surface area contributed by atoms with Gasteiger partial charge in [-0.1, -0.05) is 49.2 Å². The van der Waals surface area contributed by atoms with E-state index in [9.17, 15) is 14.7 Å². The van der Waals surface area contributed by atoms with E-state index in [0.29, 0.717) is 22.4 Å².